The van der Waals surface area contributed by atoms with Gasteiger partial charge in [0.25, 0.3) is 0 Å². The molecule has 1 aromatic carbocycles. The minimum atomic E-state index is 0.527. The van der Waals surface area contributed by atoms with Gasteiger partial charge in [-0.25, -0.2) is 4.68 Å². The van der Waals surface area contributed by atoms with Crippen LogP contribution in [0.25, 0.3) is 5.69 Å². The van der Waals surface area contributed by atoms with E-state index in [1.807, 2.05) is 0 Å². The molecule has 94 valence electrons. The van der Waals surface area contributed by atoms with Crippen LogP contribution in [0.15, 0.2) is 30.3 Å². The van der Waals surface area contributed by atoms with E-state index in [-0.39, 0.29) is 0 Å². The molecule has 0 saturated heterocycles. The summed E-state index contributed by atoms with van der Waals surface area (Å²) in [4.78, 5) is 0. The fraction of sp³-hybridized carbons (Fsp3) is 0.438. The number of hydrogen-bond donors (Lipinski definition) is 0. The van der Waals surface area contributed by atoms with Crippen LogP contribution in [0.4, 0.5) is 0 Å². The van der Waals surface area contributed by atoms with Crippen LogP contribution in [0.3, 0.4) is 0 Å². The lowest BCUT2D eigenvalue weighted by atomic mass is 9.92. The van der Waals surface area contributed by atoms with Gasteiger partial charge in [-0.2, -0.15) is 5.10 Å². The Hall–Kier alpha value is -1.57. The summed E-state index contributed by atoms with van der Waals surface area (Å²) in [6.07, 6.45) is 4.95. The molecule has 2 heteroatoms. The second-order valence-corrected chi connectivity index (χ2v) is 5.42. The summed E-state index contributed by atoms with van der Waals surface area (Å²) in [5.74, 6) is 0.527. The summed E-state index contributed by atoms with van der Waals surface area (Å²) >= 11 is 0. The lowest BCUT2D eigenvalue weighted by Crippen LogP contribution is -2.06. The Kier molecular flexibility index (Phi) is 2.94. The Morgan fingerprint density at radius 1 is 1.06 bits per heavy atom. The van der Waals surface area contributed by atoms with Crippen LogP contribution in [0.1, 0.15) is 49.6 Å². The first kappa shape index (κ1) is 11.5. The van der Waals surface area contributed by atoms with Crippen molar-refractivity contribution in [2.45, 2.75) is 45.4 Å². The van der Waals surface area contributed by atoms with E-state index in [2.05, 4.69) is 48.9 Å². The Bertz CT molecular complexity index is 538. The number of aryl methyl sites for hydroxylation is 1. The van der Waals surface area contributed by atoms with Crippen LogP contribution in [0, 0.1) is 0 Å². The quantitative estimate of drug-likeness (QED) is 0.779. The smallest absolute Gasteiger partial charge is 0.0664 e. The molecule has 2 aromatic rings. The zero-order valence-electron chi connectivity index (χ0n) is 11.2. The molecule has 0 N–H and O–H groups in total. The summed E-state index contributed by atoms with van der Waals surface area (Å²) in [5.41, 5.74) is 5.44. The first-order chi connectivity index (χ1) is 8.77. The third-order valence-corrected chi connectivity index (χ3v) is 3.74. The van der Waals surface area contributed by atoms with Crippen molar-refractivity contribution < 1.29 is 0 Å². The Morgan fingerprint density at radius 3 is 2.50 bits per heavy atom. The molecule has 1 heterocycles. The first-order valence-corrected chi connectivity index (χ1v) is 6.93. The third kappa shape index (κ3) is 1.86. The first-order valence-electron chi connectivity index (χ1n) is 6.93. The molecule has 1 aliphatic carbocycles. The van der Waals surface area contributed by atoms with Crippen molar-refractivity contribution in [1.82, 2.24) is 9.78 Å². The van der Waals surface area contributed by atoms with Gasteiger partial charge in [0.15, 0.2) is 0 Å². The maximum atomic E-state index is 4.86. The van der Waals surface area contributed by atoms with Gasteiger partial charge in [0.05, 0.1) is 17.1 Å². The molecule has 0 unspecified atom stereocenters. The maximum Gasteiger partial charge on any atom is 0.0664 e. The molecule has 0 amide bonds. The molecule has 0 saturated carbocycles. The highest BCUT2D eigenvalue weighted by Crippen LogP contribution is 2.30. The van der Waals surface area contributed by atoms with Crippen molar-refractivity contribution in [2.24, 2.45) is 0 Å². The predicted octanol–water partition coefficient (Wildman–Crippen LogP) is 3.87. The maximum absolute atomic E-state index is 4.86. The summed E-state index contributed by atoms with van der Waals surface area (Å²) in [7, 11) is 0. The van der Waals surface area contributed by atoms with Crippen LogP contribution in [0.2, 0.25) is 0 Å². The highest BCUT2D eigenvalue weighted by Gasteiger charge is 2.22. The van der Waals surface area contributed by atoms with E-state index in [9.17, 15) is 0 Å². The largest absolute Gasteiger partial charge is 0.237 e. The molecule has 0 aliphatic heterocycles. The van der Waals surface area contributed by atoms with Crippen molar-refractivity contribution in [2.75, 3.05) is 0 Å². The average Bonchev–Trinajstić information content (AvgIpc) is 2.79. The number of rotatable bonds is 2. The van der Waals surface area contributed by atoms with Crippen molar-refractivity contribution >= 4 is 0 Å². The molecule has 1 aromatic heterocycles. The molecular formula is C16H20N2. The molecule has 18 heavy (non-hydrogen) atoms. The van der Waals surface area contributed by atoms with Gasteiger partial charge in [-0.15, -0.1) is 0 Å². The van der Waals surface area contributed by atoms with Gasteiger partial charge in [0.1, 0.15) is 0 Å². The number of aromatic nitrogens is 2. The van der Waals surface area contributed by atoms with E-state index in [4.69, 9.17) is 5.10 Å². The topological polar surface area (TPSA) is 17.8 Å². The van der Waals surface area contributed by atoms with E-state index in [1.165, 1.54) is 41.9 Å². The Balaban J connectivity index is 2.17. The minimum absolute atomic E-state index is 0.527. The second-order valence-electron chi connectivity index (χ2n) is 5.42. The second kappa shape index (κ2) is 4.60. The monoisotopic (exact) mass is 240 g/mol. The Labute approximate surface area is 109 Å². The van der Waals surface area contributed by atoms with Crippen LogP contribution in [-0.2, 0) is 12.8 Å². The van der Waals surface area contributed by atoms with E-state index < -0.39 is 0 Å². The van der Waals surface area contributed by atoms with E-state index in [1.54, 1.807) is 0 Å². The molecule has 0 fully saturated rings. The number of nitrogens with zero attached hydrogens (tertiary/aromatic N) is 2. The highest BCUT2D eigenvalue weighted by atomic mass is 15.3. The lowest BCUT2D eigenvalue weighted by molar-refractivity contribution is 0.668. The normalized spacial score (nSPS) is 14.8. The molecule has 0 radical (unpaired) electrons. The molecule has 0 bridgehead atoms. The standard InChI is InChI=1S/C16H20N2/c1-12(2)16-14-10-6-7-11-15(14)17-18(16)13-8-4-3-5-9-13/h3-5,8-9,12H,6-7,10-11H2,1-2H3. The van der Waals surface area contributed by atoms with Gasteiger partial charge >= 0.3 is 0 Å². The van der Waals surface area contributed by atoms with Crippen molar-refractivity contribution in [3.63, 3.8) is 0 Å². The van der Waals surface area contributed by atoms with Crippen LogP contribution in [0.5, 0.6) is 0 Å². The predicted molar refractivity (Wildman–Crippen MR) is 74.3 cm³/mol. The fourth-order valence-corrected chi connectivity index (χ4v) is 2.94. The fourth-order valence-electron chi connectivity index (χ4n) is 2.94. The van der Waals surface area contributed by atoms with Crippen molar-refractivity contribution in [3.8, 4) is 5.69 Å². The van der Waals surface area contributed by atoms with Gasteiger partial charge in [-0.3, -0.25) is 0 Å². The summed E-state index contributed by atoms with van der Waals surface area (Å²) < 4.78 is 2.17. The Morgan fingerprint density at radius 2 is 1.78 bits per heavy atom. The summed E-state index contributed by atoms with van der Waals surface area (Å²) in [6, 6.07) is 10.5. The van der Waals surface area contributed by atoms with Gasteiger partial charge in [-0.05, 0) is 49.3 Å². The van der Waals surface area contributed by atoms with Gasteiger partial charge in [0.2, 0.25) is 0 Å². The van der Waals surface area contributed by atoms with Crippen LogP contribution < -0.4 is 0 Å². The minimum Gasteiger partial charge on any atom is -0.237 e. The van der Waals surface area contributed by atoms with E-state index in [0.29, 0.717) is 5.92 Å². The van der Waals surface area contributed by atoms with Gasteiger partial charge < -0.3 is 0 Å². The number of fused-ring (bicyclic) bond motifs is 1. The summed E-state index contributed by atoms with van der Waals surface area (Å²) in [5, 5.41) is 4.86. The zero-order valence-corrected chi connectivity index (χ0v) is 11.2. The molecule has 1 aliphatic rings. The number of para-hydroxylation sites is 1. The molecule has 2 nitrogen and oxygen atoms in total. The van der Waals surface area contributed by atoms with E-state index >= 15 is 0 Å². The van der Waals surface area contributed by atoms with E-state index in [0.717, 1.165) is 6.42 Å². The number of benzene rings is 1. The molecular weight excluding hydrogens is 220 g/mol. The average molecular weight is 240 g/mol. The summed E-state index contributed by atoms with van der Waals surface area (Å²) in [6.45, 7) is 4.54. The molecule has 3 rings (SSSR count). The van der Waals surface area contributed by atoms with Crippen LogP contribution >= 0.6 is 0 Å². The SMILES string of the molecule is CC(C)c1c2c(nn1-c1ccccc1)CCCC2. The number of hydrogen-bond acceptors (Lipinski definition) is 1. The zero-order chi connectivity index (χ0) is 12.5. The van der Waals surface area contributed by atoms with Gasteiger partial charge in [-0.1, -0.05) is 32.0 Å². The van der Waals surface area contributed by atoms with Crippen molar-refractivity contribution in [1.29, 1.82) is 0 Å². The lowest BCUT2D eigenvalue weighted by Gasteiger charge is -2.14. The van der Waals surface area contributed by atoms with Crippen molar-refractivity contribution in [3.05, 3.63) is 47.3 Å². The third-order valence-electron chi connectivity index (χ3n) is 3.74. The molecule has 0 atom stereocenters. The van der Waals surface area contributed by atoms with Gasteiger partial charge in [0, 0.05) is 0 Å². The van der Waals surface area contributed by atoms with Crippen LogP contribution in [-0.4, -0.2) is 9.78 Å². The highest BCUT2D eigenvalue weighted by molar-refractivity contribution is 5.39. The molecule has 0 spiro atoms.